The Balaban J connectivity index is 4.51. The van der Waals surface area contributed by atoms with E-state index in [0.29, 0.717) is 19.3 Å². The Hall–Kier alpha value is -1.25. The van der Waals surface area contributed by atoms with Crippen LogP contribution in [-0.2, 0) is 14.4 Å². The fourth-order valence-corrected chi connectivity index (χ4v) is 8.24. The number of hydrogen-bond donors (Lipinski definition) is 0. The Labute approximate surface area is 345 Å². The number of carbonyl (C=O) groups excluding carboxylic acids is 3. The third-order valence-electron chi connectivity index (χ3n) is 12.1. The van der Waals surface area contributed by atoms with Gasteiger partial charge in [0.25, 0.3) is 0 Å². The van der Waals surface area contributed by atoms with Crippen LogP contribution in [0.1, 0.15) is 290 Å². The van der Waals surface area contributed by atoms with Gasteiger partial charge in [0.1, 0.15) is 5.78 Å². The lowest BCUT2D eigenvalue weighted by molar-refractivity contribution is -0.134. The zero-order valence-corrected chi connectivity index (χ0v) is 37.7. The van der Waals surface area contributed by atoms with Crippen molar-refractivity contribution in [2.45, 2.75) is 290 Å². The summed E-state index contributed by atoms with van der Waals surface area (Å²) in [5.74, 6) is -1.36. The van der Waals surface area contributed by atoms with Crippen molar-refractivity contribution in [3.63, 3.8) is 0 Å². The molecule has 3 nitrogen and oxygen atoms in total. The summed E-state index contributed by atoms with van der Waals surface area (Å²) in [6.45, 7) is 6.82. The van der Waals surface area contributed by atoms with E-state index >= 15 is 0 Å². The molecule has 2 unspecified atom stereocenters. The molecule has 1 radical (unpaired) electrons. The van der Waals surface area contributed by atoms with E-state index in [4.69, 9.17) is 0 Å². The standard InChI is InChI=1S/C52H97O3/c1-4-7-10-13-16-19-22-25-28-30-33-36-39-42-45-49(48-53)52(55)50(46-43-40-37-34-31-29-26-23-20-17-14-11-8-5-2)51(54)47-44-41-38-35-32-27-24-21-18-15-12-9-6-3/h26,29,49-50H,4-25,27-28,30-47H2,1-3H3/b29-26-. The van der Waals surface area contributed by atoms with E-state index in [-0.39, 0.29) is 11.6 Å². The van der Waals surface area contributed by atoms with Crippen molar-refractivity contribution in [1.29, 1.82) is 0 Å². The van der Waals surface area contributed by atoms with Crippen LogP contribution in [0.25, 0.3) is 0 Å². The lowest BCUT2D eigenvalue weighted by atomic mass is 9.82. The second-order valence-corrected chi connectivity index (χ2v) is 17.5. The number of hydrogen-bond acceptors (Lipinski definition) is 3. The summed E-state index contributed by atoms with van der Waals surface area (Å²) in [6.07, 6.45) is 57.8. The highest BCUT2D eigenvalue weighted by atomic mass is 16.2. The zero-order chi connectivity index (χ0) is 40.1. The monoisotopic (exact) mass is 770 g/mol. The van der Waals surface area contributed by atoms with Crippen LogP contribution >= 0.6 is 0 Å². The van der Waals surface area contributed by atoms with Crippen molar-refractivity contribution < 1.29 is 14.4 Å². The highest BCUT2D eigenvalue weighted by Gasteiger charge is 2.31. The molecular formula is C52H97O3. The van der Waals surface area contributed by atoms with Gasteiger partial charge in [-0.3, -0.25) is 14.4 Å². The summed E-state index contributed by atoms with van der Waals surface area (Å²) >= 11 is 0. The Kier molecular flexibility index (Phi) is 44.4. The topological polar surface area (TPSA) is 51.2 Å². The van der Waals surface area contributed by atoms with Crippen molar-refractivity contribution in [1.82, 2.24) is 0 Å². The predicted octanol–water partition coefficient (Wildman–Crippen LogP) is 17.5. The minimum Gasteiger partial charge on any atom is -0.299 e. The van der Waals surface area contributed by atoms with Gasteiger partial charge in [0, 0.05) is 6.42 Å². The molecule has 0 rings (SSSR count). The molecule has 2 atom stereocenters. The Morgan fingerprint density at radius 2 is 0.673 bits per heavy atom. The number of ketones is 2. The van der Waals surface area contributed by atoms with Crippen molar-refractivity contribution in [3.8, 4) is 0 Å². The normalized spacial score (nSPS) is 12.8. The first-order chi connectivity index (χ1) is 27.1. The molecule has 0 spiro atoms. The average molecular weight is 770 g/mol. The molecule has 0 bridgehead atoms. The SMILES string of the molecule is CCCCCCCC/C=C\CCCCCCC(C(=O)CCCCCCCCCCCCCCC)C(=O)C([C]=O)CCCCCCCCCCCCCCCC. The summed E-state index contributed by atoms with van der Waals surface area (Å²) in [4.78, 5) is 39.3. The average Bonchev–Trinajstić information content (AvgIpc) is 3.19. The van der Waals surface area contributed by atoms with E-state index in [1.54, 1.807) is 0 Å². The van der Waals surface area contributed by atoms with E-state index < -0.39 is 11.8 Å². The molecule has 0 N–H and O–H groups in total. The number of unbranched alkanes of at least 4 members (excludes halogenated alkanes) is 35. The first-order valence-corrected chi connectivity index (χ1v) is 25.2. The minimum absolute atomic E-state index is 0.0897. The number of rotatable bonds is 47. The first kappa shape index (κ1) is 53.8. The van der Waals surface area contributed by atoms with Gasteiger partial charge in [-0.2, -0.15) is 0 Å². The summed E-state index contributed by atoms with van der Waals surface area (Å²) in [7, 11) is 0. The highest BCUT2D eigenvalue weighted by Crippen LogP contribution is 2.24. The molecule has 3 heteroatoms. The van der Waals surface area contributed by atoms with Crippen molar-refractivity contribution in [2.75, 3.05) is 0 Å². The van der Waals surface area contributed by atoms with E-state index in [1.807, 2.05) is 0 Å². The second kappa shape index (κ2) is 45.5. The summed E-state index contributed by atoms with van der Waals surface area (Å²) in [5, 5.41) is 0. The highest BCUT2D eigenvalue weighted by molar-refractivity contribution is 6.07. The van der Waals surface area contributed by atoms with Crippen LogP contribution in [0.5, 0.6) is 0 Å². The Bertz CT molecular complexity index is 831. The molecular weight excluding hydrogens is 673 g/mol. The van der Waals surface area contributed by atoms with Crippen molar-refractivity contribution in [3.05, 3.63) is 12.2 Å². The molecule has 0 aliphatic rings. The van der Waals surface area contributed by atoms with E-state index in [0.717, 1.165) is 51.4 Å². The summed E-state index contributed by atoms with van der Waals surface area (Å²) < 4.78 is 0. The fourth-order valence-electron chi connectivity index (χ4n) is 8.24. The zero-order valence-electron chi connectivity index (χ0n) is 37.7. The fraction of sp³-hybridized carbons (Fsp3) is 0.904. The quantitative estimate of drug-likeness (QED) is 0.0352. The van der Waals surface area contributed by atoms with E-state index in [9.17, 15) is 14.4 Å². The van der Waals surface area contributed by atoms with Crippen molar-refractivity contribution in [2.24, 2.45) is 11.8 Å². The van der Waals surface area contributed by atoms with Gasteiger partial charge < -0.3 is 0 Å². The van der Waals surface area contributed by atoms with Crippen LogP contribution in [0, 0.1) is 11.8 Å². The van der Waals surface area contributed by atoms with Crippen molar-refractivity contribution >= 4 is 17.9 Å². The van der Waals surface area contributed by atoms with Crippen LogP contribution in [0.4, 0.5) is 0 Å². The van der Waals surface area contributed by atoms with Gasteiger partial charge in [-0.25, -0.2) is 0 Å². The number of Topliss-reactive ketones (excluding diaryl/α,β-unsaturated/α-hetero) is 2. The molecule has 0 aliphatic carbocycles. The second-order valence-electron chi connectivity index (χ2n) is 17.5. The van der Waals surface area contributed by atoms with Gasteiger partial charge in [0.2, 0.25) is 6.29 Å². The van der Waals surface area contributed by atoms with Crippen LogP contribution in [0.2, 0.25) is 0 Å². The molecule has 0 saturated carbocycles. The van der Waals surface area contributed by atoms with Gasteiger partial charge in [-0.15, -0.1) is 0 Å². The number of carbonyl (C=O) groups is 2. The third-order valence-corrected chi connectivity index (χ3v) is 12.1. The molecule has 323 valence electrons. The van der Waals surface area contributed by atoms with Gasteiger partial charge in [0.15, 0.2) is 5.78 Å². The summed E-state index contributed by atoms with van der Waals surface area (Å²) in [5.41, 5.74) is 0. The molecule has 0 aromatic carbocycles. The van der Waals surface area contributed by atoms with E-state index in [2.05, 4.69) is 39.2 Å². The maximum absolute atomic E-state index is 13.7. The van der Waals surface area contributed by atoms with Crippen LogP contribution in [0.15, 0.2) is 12.2 Å². The van der Waals surface area contributed by atoms with Gasteiger partial charge in [0.05, 0.1) is 11.8 Å². The van der Waals surface area contributed by atoms with Gasteiger partial charge >= 0.3 is 0 Å². The molecule has 0 amide bonds. The molecule has 0 aromatic rings. The maximum atomic E-state index is 13.7. The smallest absolute Gasteiger partial charge is 0.209 e. The first-order valence-electron chi connectivity index (χ1n) is 25.2. The molecule has 0 heterocycles. The molecule has 0 fully saturated rings. The minimum atomic E-state index is -0.727. The van der Waals surface area contributed by atoms with Gasteiger partial charge in [-0.05, 0) is 44.9 Å². The predicted molar refractivity (Wildman–Crippen MR) is 243 cm³/mol. The van der Waals surface area contributed by atoms with E-state index in [1.165, 1.54) is 199 Å². The Morgan fingerprint density at radius 1 is 0.382 bits per heavy atom. The van der Waals surface area contributed by atoms with Crippen LogP contribution in [-0.4, -0.2) is 17.9 Å². The van der Waals surface area contributed by atoms with Crippen LogP contribution < -0.4 is 0 Å². The number of allylic oxidation sites excluding steroid dienone is 2. The third kappa shape index (κ3) is 38.1. The summed E-state index contributed by atoms with van der Waals surface area (Å²) in [6, 6.07) is 0. The molecule has 0 saturated heterocycles. The molecule has 0 aliphatic heterocycles. The lowest BCUT2D eigenvalue weighted by Gasteiger charge is -2.18. The largest absolute Gasteiger partial charge is 0.299 e. The lowest BCUT2D eigenvalue weighted by Crippen LogP contribution is -2.31. The van der Waals surface area contributed by atoms with Crippen LogP contribution in [0.3, 0.4) is 0 Å². The maximum Gasteiger partial charge on any atom is 0.209 e. The molecule has 0 aromatic heterocycles. The molecule has 55 heavy (non-hydrogen) atoms. The Morgan fingerprint density at radius 3 is 1.02 bits per heavy atom. The van der Waals surface area contributed by atoms with Gasteiger partial charge in [-0.1, -0.05) is 251 Å².